The second kappa shape index (κ2) is 11.7. The molecule has 2 aliphatic heterocycles. The summed E-state index contributed by atoms with van der Waals surface area (Å²) in [6.07, 6.45) is 9.85. The van der Waals surface area contributed by atoms with Crippen LogP contribution in [0.5, 0.6) is 0 Å². The van der Waals surface area contributed by atoms with E-state index in [0.29, 0.717) is 12.1 Å². The molecule has 0 unspecified atom stereocenters. The molecular formula is C21H40IN5O2. The molecule has 1 amide bonds. The van der Waals surface area contributed by atoms with Crippen LogP contribution in [0.3, 0.4) is 0 Å². The maximum Gasteiger partial charge on any atom is 0.219 e. The Morgan fingerprint density at radius 2 is 1.72 bits per heavy atom. The van der Waals surface area contributed by atoms with Crippen molar-refractivity contribution in [3.05, 3.63) is 0 Å². The number of hydrogen-bond acceptors (Lipinski definition) is 4. The molecular weight excluding hydrogens is 481 g/mol. The normalized spacial score (nSPS) is 24.2. The molecule has 0 atom stereocenters. The van der Waals surface area contributed by atoms with Crippen molar-refractivity contribution in [2.24, 2.45) is 4.99 Å². The summed E-state index contributed by atoms with van der Waals surface area (Å²) in [6, 6.07) is 0.388. The first-order valence-corrected chi connectivity index (χ1v) is 11.1. The van der Waals surface area contributed by atoms with Crippen LogP contribution in [0.25, 0.3) is 0 Å². The van der Waals surface area contributed by atoms with Gasteiger partial charge in [0.05, 0.1) is 6.10 Å². The number of halogens is 1. The van der Waals surface area contributed by atoms with Gasteiger partial charge in [0.1, 0.15) is 0 Å². The van der Waals surface area contributed by atoms with Crippen molar-refractivity contribution in [3.63, 3.8) is 0 Å². The average molecular weight is 521 g/mol. The summed E-state index contributed by atoms with van der Waals surface area (Å²) < 4.78 is 5.56. The molecule has 0 aromatic rings. The Hall–Kier alpha value is -0.610. The lowest BCUT2D eigenvalue weighted by molar-refractivity contribution is -0.129. The molecule has 7 nitrogen and oxygen atoms in total. The van der Waals surface area contributed by atoms with E-state index >= 15 is 0 Å². The zero-order chi connectivity index (χ0) is 20.0. The fraction of sp³-hybridized carbons (Fsp3) is 0.905. The molecule has 168 valence electrons. The van der Waals surface area contributed by atoms with Crippen LogP contribution in [0.2, 0.25) is 0 Å². The first kappa shape index (κ1) is 24.7. The number of hydrogen-bond donors (Lipinski definition) is 2. The van der Waals surface area contributed by atoms with E-state index in [2.05, 4.69) is 20.5 Å². The molecule has 1 aliphatic carbocycles. The van der Waals surface area contributed by atoms with Crippen LogP contribution in [0.4, 0.5) is 0 Å². The fourth-order valence-electron chi connectivity index (χ4n) is 5.18. The standard InChI is InChI=1S/C21H39N5O2.HI/c1-17(27)25-12-6-18(7-13-25)24-20(22-2)23-16-21(10-4-5-11-21)26-14-8-19(28-3)9-15-26;/h18-19H,4-16H2,1-3H3,(H2,22,23,24);1H. The highest BCUT2D eigenvalue weighted by atomic mass is 127. The highest BCUT2D eigenvalue weighted by Crippen LogP contribution is 2.36. The van der Waals surface area contributed by atoms with Crippen LogP contribution in [-0.2, 0) is 9.53 Å². The monoisotopic (exact) mass is 521 g/mol. The summed E-state index contributed by atoms with van der Waals surface area (Å²) in [5.74, 6) is 1.08. The predicted molar refractivity (Wildman–Crippen MR) is 128 cm³/mol. The third-order valence-electron chi connectivity index (χ3n) is 7.07. The van der Waals surface area contributed by atoms with E-state index in [1.54, 1.807) is 6.92 Å². The number of ether oxygens (including phenoxy) is 1. The number of likely N-dealkylation sites (tertiary alicyclic amines) is 2. The summed E-state index contributed by atoms with van der Waals surface area (Å²) in [4.78, 5) is 20.6. The van der Waals surface area contributed by atoms with Gasteiger partial charge in [-0.2, -0.15) is 0 Å². The smallest absolute Gasteiger partial charge is 0.219 e. The summed E-state index contributed by atoms with van der Waals surface area (Å²) >= 11 is 0. The average Bonchev–Trinajstić information content (AvgIpc) is 3.21. The van der Waals surface area contributed by atoms with E-state index in [-0.39, 0.29) is 35.4 Å². The Kier molecular flexibility index (Phi) is 9.94. The maximum atomic E-state index is 11.5. The van der Waals surface area contributed by atoms with Crippen LogP contribution in [0.1, 0.15) is 58.3 Å². The number of nitrogens with zero attached hydrogens (tertiary/aromatic N) is 3. The highest BCUT2D eigenvalue weighted by molar-refractivity contribution is 14.0. The van der Waals surface area contributed by atoms with E-state index in [1.165, 1.54) is 25.7 Å². The van der Waals surface area contributed by atoms with Crippen LogP contribution < -0.4 is 10.6 Å². The highest BCUT2D eigenvalue weighted by Gasteiger charge is 2.41. The molecule has 0 spiro atoms. The van der Waals surface area contributed by atoms with E-state index < -0.39 is 0 Å². The second-order valence-electron chi connectivity index (χ2n) is 8.70. The van der Waals surface area contributed by atoms with Gasteiger partial charge >= 0.3 is 0 Å². The molecule has 1 saturated carbocycles. The molecule has 2 heterocycles. The Balaban J connectivity index is 0.00000300. The lowest BCUT2D eigenvalue weighted by Crippen LogP contribution is -2.59. The van der Waals surface area contributed by atoms with Crippen LogP contribution in [-0.4, -0.2) is 86.2 Å². The Labute approximate surface area is 193 Å². The molecule has 8 heteroatoms. The molecule has 0 radical (unpaired) electrons. The molecule has 0 aromatic carbocycles. The summed E-state index contributed by atoms with van der Waals surface area (Å²) in [6.45, 7) is 6.55. The van der Waals surface area contributed by atoms with Crippen molar-refractivity contribution in [3.8, 4) is 0 Å². The molecule has 2 N–H and O–H groups in total. The fourth-order valence-corrected chi connectivity index (χ4v) is 5.18. The first-order chi connectivity index (χ1) is 13.6. The number of amides is 1. The van der Waals surface area contributed by atoms with Crippen molar-refractivity contribution in [2.75, 3.05) is 46.9 Å². The number of carbonyl (C=O) groups excluding carboxylic acids is 1. The number of methoxy groups -OCH3 is 1. The Morgan fingerprint density at radius 3 is 2.24 bits per heavy atom. The first-order valence-electron chi connectivity index (χ1n) is 11.1. The van der Waals surface area contributed by atoms with E-state index in [1.807, 2.05) is 19.1 Å². The minimum atomic E-state index is 0. The Bertz CT molecular complexity index is 537. The molecule has 29 heavy (non-hydrogen) atoms. The minimum absolute atomic E-state index is 0. The topological polar surface area (TPSA) is 69.2 Å². The van der Waals surface area contributed by atoms with Crippen molar-refractivity contribution >= 4 is 35.8 Å². The predicted octanol–water partition coefficient (Wildman–Crippen LogP) is 2.20. The number of piperidine rings is 2. The van der Waals surface area contributed by atoms with Gasteiger partial charge in [-0.3, -0.25) is 14.7 Å². The molecule has 3 fully saturated rings. The van der Waals surface area contributed by atoms with Gasteiger partial charge in [0, 0.05) is 65.4 Å². The molecule has 3 rings (SSSR count). The van der Waals surface area contributed by atoms with E-state index in [0.717, 1.165) is 64.4 Å². The summed E-state index contributed by atoms with van der Waals surface area (Å²) in [5, 5.41) is 7.23. The summed E-state index contributed by atoms with van der Waals surface area (Å²) in [5.41, 5.74) is 0.258. The quantitative estimate of drug-likeness (QED) is 0.330. The third-order valence-corrected chi connectivity index (χ3v) is 7.07. The van der Waals surface area contributed by atoms with Crippen molar-refractivity contribution in [1.82, 2.24) is 20.4 Å². The van der Waals surface area contributed by atoms with Gasteiger partial charge in [-0.25, -0.2) is 0 Å². The van der Waals surface area contributed by atoms with Gasteiger partial charge in [-0.15, -0.1) is 24.0 Å². The van der Waals surface area contributed by atoms with Crippen molar-refractivity contribution < 1.29 is 9.53 Å². The lowest BCUT2D eigenvalue weighted by Gasteiger charge is -2.45. The number of guanidine groups is 1. The number of aliphatic imine (C=N–C) groups is 1. The maximum absolute atomic E-state index is 11.5. The van der Waals surface area contributed by atoms with Crippen molar-refractivity contribution in [1.29, 1.82) is 0 Å². The molecule has 3 aliphatic rings. The van der Waals surface area contributed by atoms with Gasteiger partial charge in [-0.1, -0.05) is 12.8 Å². The lowest BCUT2D eigenvalue weighted by atomic mass is 9.91. The van der Waals surface area contributed by atoms with Gasteiger partial charge in [-0.05, 0) is 38.5 Å². The van der Waals surface area contributed by atoms with Crippen molar-refractivity contribution in [2.45, 2.75) is 76.0 Å². The van der Waals surface area contributed by atoms with Gasteiger partial charge in [0.2, 0.25) is 5.91 Å². The molecule has 2 saturated heterocycles. The number of nitrogens with one attached hydrogen (secondary N) is 2. The van der Waals surface area contributed by atoms with Gasteiger partial charge < -0.3 is 20.3 Å². The molecule has 0 bridgehead atoms. The largest absolute Gasteiger partial charge is 0.381 e. The van der Waals surface area contributed by atoms with Crippen LogP contribution in [0, 0.1) is 0 Å². The van der Waals surface area contributed by atoms with Gasteiger partial charge in [0.25, 0.3) is 0 Å². The zero-order valence-electron chi connectivity index (χ0n) is 18.4. The van der Waals surface area contributed by atoms with Crippen LogP contribution in [0.15, 0.2) is 4.99 Å². The third kappa shape index (κ3) is 6.43. The van der Waals surface area contributed by atoms with Gasteiger partial charge in [0.15, 0.2) is 5.96 Å². The molecule has 0 aromatic heterocycles. The van der Waals surface area contributed by atoms with Crippen LogP contribution >= 0.6 is 24.0 Å². The number of carbonyl (C=O) groups is 1. The minimum Gasteiger partial charge on any atom is -0.381 e. The van der Waals surface area contributed by atoms with E-state index in [4.69, 9.17) is 4.74 Å². The summed E-state index contributed by atoms with van der Waals surface area (Å²) in [7, 11) is 3.69. The number of rotatable bonds is 5. The van der Waals surface area contributed by atoms with E-state index in [9.17, 15) is 4.79 Å². The second-order valence-corrected chi connectivity index (χ2v) is 8.70. The SMILES string of the molecule is CN=C(NCC1(N2CCC(OC)CC2)CCCC1)NC1CCN(C(C)=O)CC1.I. The Morgan fingerprint density at radius 1 is 1.10 bits per heavy atom. The zero-order valence-corrected chi connectivity index (χ0v) is 20.7.